The summed E-state index contributed by atoms with van der Waals surface area (Å²) in [7, 11) is 0. The molecule has 0 amide bonds. The van der Waals surface area contributed by atoms with E-state index in [9.17, 15) is 0 Å². The predicted octanol–water partition coefficient (Wildman–Crippen LogP) is 0.149. The van der Waals surface area contributed by atoms with E-state index in [0.717, 1.165) is 35.6 Å². The maximum absolute atomic E-state index is 5.07. The van der Waals surface area contributed by atoms with Gasteiger partial charge in [0.2, 0.25) is 0 Å². The Labute approximate surface area is 50.5 Å². The van der Waals surface area contributed by atoms with Gasteiger partial charge in [-0.25, -0.2) is 0 Å². The molecule has 1 aliphatic rings. The van der Waals surface area contributed by atoms with Gasteiger partial charge >= 0.3 is 50.1 Å². The minimum atomic E-state index is 0.927. The first-order valence-corrected chi connectivity index (χ1v) is 3.63. The van der Waals surface area contributed by atoms with Crippen molar-refractivity contribution in [2.75, 3.05) is 6.61 Å². The summed E-state index contributed by atoms with van der Waals surface area (Å²) in [6.07, 6.45) is 3.29. The molecule has 0 saturated heterocycles. The van der Waals surface area contributed by atoms with E-state index in [-0.39, 0.29) is 0 Å². The molecule has 0 aliphatic carbocycles. The zero-order chi connectivity index (χ0) is 4.41. The molecule has 2 heteroatoms. The van der Waals surface area contributed by atoms with Gasteiger partial charge in [-0.1, -0.05) is 0 Å². The second kappa shape index (κ2) is 1.87. The molecule has 0 aromatic carbocycles. The molecule has 0 fully saturated rings. The van der Waals surface area contributed by atoms with Crippen molar-refractivity contribution >= 4 is 22.5 Å². The van der Waals surface area contributed by atoms with E-state index in [0.29, 0.717) is 0 Å². The van der Waals surface area contributed by atoms with Crippen molar-refractivity contribution in [3.05, 3.63) is 9.85 Å². The van der Waals surface area contributed by atoms with Gasteiger partial charge in [-0.05, 0) is 0 Å². The van der Waals surface area contributed by atoms with Gasteiger partial charge in [0, 0.05) is 0 Å². The molecule has 1 aliphatic heterocycles. The Hall–Kier alpha value is 0.339. The first-order valence-electron chi connectivity index (χ1n) is 1.98. The molecule has 0 bridgehead atoms. The Morgan fingerprint density at radius 1 is 1.83 bits per heavy atom. The quantitative estimate of drug-likeness (QED) is 0.492. The van der Waals surface area contributed by atoms with E-state index >= 15 is 0 Å². The molecule has 0 N–H and O–H groups in total. The normalized spacial score (nSPS) is 19.8. The second-order valence-corrected chi connectivity index (χ2v) is 2.87. The fourth-order valence-electron chi connectivity index (χ4n) is 0.437. The molecule has 2 radical (unpaired) electrons. The molecule has 0 atom stereocenters. The SMILES string of the molecule is [SnH][C]1=CCCO1. The van der Waals surface area contributed by atoms with E-state index in [2.05, 4.69) is 6.08 Å². The first kappa shape index (κ1) is 4.50. The van der Waals surface area contributed by atoms with Crippen molar-refractivity contribution in [2.45, 2.75) is 6.42 Å². The Morgan fingerprint density at radius 3 is 2.83 bits per heavy atom. The summed E-state index contributed by atoms with van der Waals surface area (Å²) >= 11 is 1.15. The number of hydrogen-bond donors (Lipinski definition) is 0. The molecule has 0 unspecified atom stereocenters. The van der Waals surface area contributed by atoms with Gasteiger partial charge in [-0.3, -0.25) is 0 Å². The molecule has 32 valence electrons. The van der Waals surface area contributed by atoms with Crippen molar-refractivity contribution in [3.8, 4) is 0 Å². The van der Waals surface area contributed by atoms with E-state index in [1.807, 2.05) is 0 Å². The fraction of sp³-hybridized carbons (Fsp3) is 0.500. The Bertz CT molecular complexity index is 77.6. The second-order valence-electron chi connectivity index (χ2n) is 1.24. The third-order valence-electron chi connectivity index (χ3n) is 0.732. The summed E-state index contributed by atoms with van der Waals surface area (Å²) in [4.78, 5) is 0. The van der Waals surface area contributed by atoms with E-state index in [1.54, 1.807) is 0 Å². The summed E-state index contributed by atoms with van der Waals surface area (Å²) in [5.74, 6) is 0. The van der Waals surface area contributed by atoms with Crippen LogP contribution in [0, 0.1) is 0 Å². The van der Waals surface area contributed by atoms with Gasteiger partial charge < -0.3 is 0 Å². The Morgan fingerprint density at radius 2 is 2.67 bits per heavy atom. The van der Waals surface area contributed by atoms with Crippen LogP contribution in [0.4, 0.5) is 0 Å². The van der Waals surface area contributed by atoms with Crippen molar-refractivity contribution in [1.82, 2.24) is 0 Å². The van der Waals surface area contributed by atoms with Crippen molar-refractivity contribution in [3.63, 3.8) is 0 Å². The Kier molecular flexibility index (Phi) is 1.40. The standard InChI is InChI=1S/C4H5O.Sn.H/c1-2-4-5-3-1;;/h1H,2,4H2;;. The summed E-state index contributed by atoms with van der Waals surface area (Å²) in [6.45, 7) is 0.927. The van der Waals surface area contributed by atoms with Crippen LogP contribution >= 0.6 is 0 Å². The van der Waals surface area contributed by atoms with Crippen LogP contribution in [0.5, 0.6) is 0 Å². The number of rotatable bonds is 0. The topological polar surface area (TPSA) is 9.23 Å². The van der Waals surface area contributed by atoms with Crippen LogP contribution in [0.1, 0.15) is 6.42 Å². The molecule has 1 nitrogen and oxygen atoms in total. The average molecular weight is 189 g/mol. The van der Waals surface area contributed by atoms with E-state index < -0.39 is 0 Å². The third kappa shape index (κ3) is 0.898. The van der Waals surface area contributed by atoms with Crippen LogP contribution in [-0.2, 0) is 4.74 Å². The van der Waals surface area contributed by atoms with Crippen LogP contribution in [-0.4, -0.2) is 29.1 Å². The molecule has 6 heavy (non-hydrogen) atoms. The zero-order valence-corrected chi connectivity index (χ0v) is 6.77. The molecule has 0 saturated carbocycles. The molecular formula is C4H6OSn. The average Bonchev–Trinajstić information content (AvgIpc) is 1.86. The van der Waals surface area contributed by atoms with Crippen LogP contribution in [0.25, 0.3) is 0 Å². The maximum atomic E-state index is 5.07. The molecule has 1 heterocycles. The van der Waals surface area contributed by atoms with Crippen LogP contribution < -0.4 is 0 Å². The van der Waals surface area contributed by atoms with Gasteiger partial charge in [-0.2, -0.15) is 0 Å². The molecule has 0 aromatic heterocycles. The number of ether oxygens (including phenoxy) is 1. The third-order valence-corrected chi connectivity index (χ3v) is 1.88. The minimum absolute atomic E-state index is 0.927. The number of hydrogen-bond acceptors (Lipinski definition) is 1. The van der Waals surface area contributed by atoms with Crippen LogP contribution in [0.3, 0.4) is 0 Å². The summed E-state index contributed by atoms with van der Waals surface area (Å²) in [5.41, 5.74) is 0. The Balaban J connectivity index is 2.45. The monoisotopic (exact) mass is 190 g/mol. The van der Waals surface area contributed by atoms with Gasteiger partial charge in [0.25, 0.3) is 0 Å². The van der Waals surface area contributed by atoms with Crippen molar-refractivity contribution in [1.29, 1.82) is 0 Å². The van der Waals surface area contributed by atoms with Gasteiger partial charge in [0.05, 0.1) is 0 Å². The zero-order valence-electron chi connectivity index (χ0n) is 3.48. The molecule has 0 aromatic rings. The van der Waals surface area contributed by atoms with E-state index in [4.69, 9.17) is 4.74 Å². The van der Waals surface area contributed by atoms with Crippen molar-refractivity contribution < 1.29 is 4.74 Å². The predicted molar refractivity (Wildman–Crippen MR) is 25.8 cm³/mol. The summed E-state index contributed by atoms with van der Waals surface area (Å²) in [6, 6.07) is 0. The van der Waals surface area contributed by atoms with Gasteiger partial charge in [-0.15, -0.1) is 0 Å². The van der Waals surface area contributed by atoms with Crippen LogP contribution in [0.15, 0.2) is 9.85 Å². The molecule has 0 spiro atoms. The summed E-state index contributed by atoms with van der Waals surface area (Å²) < 4.78 is 6.28. The molecule has 1 rings (SSSR count). The summed E-state index contributed by atoms with van der Waals surface area (Å²) in [5, 5.41) is 0. The van der Waals surface area contributed by atoms with Gasteiger partial charge in [0.1, 0.15) is 0 Å². The molecular weight excluding hydrogens is 183 g/mol. The van der Waals surface area contributed by atoms with Crippen molar-refractivity contribution in [2.24, 2.45) is 0 Å². The van der Waals surface area contributed by atoms with Crippen LogP contribution in [0.2, 0.25) is 0 Å². The fourth-order valence-corrected chi connectivity index (χ4v) is 1.25. The first-order chi connectivity index (χ1) is 2.89. The van der Waals surface area contributed by atoms with Gasteiger partial charge in [0.15, 0.2) is 0 Å². The van der Waals surface area contributed by atoms with E-state index in [1.165, 1.54) is 3.78 Å².